The number of sulfonamides is 1. The second kappa shape index (κ2) is 7.13. The van der Waals surface area contributed by atoms with Gasteiger partial charge in [0.05, 0.1) is 6.26 Å². The van der Waals surface area contributed by atoms with Gasteiger partial charge in [0.2, 0.25) is 10.0 Å². The minimum absolute atomic E-state index is 0.0748. The summed E-state index contributed by atoms with van der Waals surface area (Å²) in [7, 11) is -3.21. The molecule has 1 aromatic carbocycles. The lowest BCUT2D eigenvalue weighted by Crippen LogP contribution is -2.50. The van der Waals surface area contributed by atoms with E-state index >= 15 is 0 Å². The van der Waals surface area contributed by atoms with E-state index in [-0.39, 0.29) is 24.2 Å². The van der Waals surface area contributed by atoms with Gasteiger partial charge >= 0.3 is 0 Å². The molecule has 0 bridgehead atoms. The molecule has 1 aromatic rings. The minimum atomic E-state index is -3.21. The summed E-state index contributed by atoms with van der Waals surface area (Å²) < 4.78 is 29.9. The zero-order valence-corrected chi connectivity index (χ0v) is 15.0. The summed E-state index contributed by atoms with van der Waals surface area (Å²) in [6.07, 6.45) is 3.10. The third-order valence-electron chi connectivity index (χ3n) is 4.51. The Labute approximate surface area is 147 Å². The van der Waals surface area contributed by atoms with Crippen molar-refractivity contribution in [3.63, 3.8) is 0 Å². The Kier molecular flexibility index (Phi) is 5.10. The number of carbonyl (C=O) groups is 2. The average Bonchev–Trinajstić information content (AvgIpc) is 3.44. The maximum absolute atomic E-state index is 12.5. The fourth-order valence-corrected chi connectivity index (χ4v) is 3.60. The number of hydrogen-bond acceptors (Lipinski definition) is 5. The Hall–Kier alpha value is -1.93. The molecule has 3 rings (SSSR count). The Balaban J connectivity index is 1.53. The molecule has 1 saturated carbocycles. The van der Waals surface area contributed by atoms with Crippen LogP contribution in [0, 0.1) is 5.92 Å². The number of benzene rings is 1. The standard InChI is InChI=1S/C17H22N2O5S/c1-25(22,23)19-10-8-18(9-11-19)17(21)14-4-6-15(7-5-14)24-12-16(20)13-2-3-13/h4-7,13H,2-3,8-12H2,1H3. The van der Waals surface area contributed by atoms with Crippen molar-refractivity contribution in [2.75, 3.05) is 39.0 Å². The highest BCUT2D eigenvalue weighted by Crippen LogP contribution is 2.30. The van der Waals surface area contributed by atoms with Crippen molar-refractivity contribution in [1.82, 2.24) is 9.21 Å². The van der Waals surface area contributed by atoms with Crippen LogP contribution in [-0.4, -0.2) is 68.4 Å². The van der Waals surface area contributed by atoms with Crippen LogP contribution in [0.2, 0.25) is 0 Å². The second-order valence-corrected chi connectivity index (χ2v) is 8.49. The summed E-state index contributed by atoms with van der Waals surface area (Å²) in [4.78, 5) is 25.8. The Morgan fingerprint density at radius 1 is 1.08 bits per heavy atom. The highest BCUT2D eigenvalue weighted by atomic mass is 32.2. The molecule has 136 valence electrons. The summed E-state index contributed by atoms with van der Waals surface area (Å²) in [5.41, 5.74) is 0.522. The van der Waals surface area contributed by atoms with E-state index in [1.165, 1.54) is 10.6 Å². The predicted molar refractivity (Wildman–Crippen MR) is 92.0 cm³/mol. The van der Waals surface area contributed by atoms with E-state index in [0.29, 0.717) is 37.5 Å². The highest BCUT2D eigenvalue weighted by molar-refractivity contribution is 7.88. The monoisotopic (exact) mass is 366 g/mol. The number of nitrogens with zero attached hydrogens (tertiary/aromatic N) is 2. The normalized spacial score (nSPS) is 18.8. The van der Waals surface area contributed by atoms with Gasteiger partial charge in [0, 0.05) is 37.7 Å². The van der Waals surface area contributed by atoms with Gasteiger partial charge in [0.15, 0.2) is 5.78 Å². The van der Waals surface area contributed by atoms with Crippen LogP contribution in [0.4, 0.5) is 0 Å². The van der Waals surface area contributed by atoms with Gasteiger partial charge < -0.3 is 9.64 Å². The molecule has 8 heteroatoms. The molecule has 1 amide bonds. The molecule has 1 heterocycles. The number of amides is 1. The van der Waals surface area contributed by atoms with Gasteiger partial charge in [-0.2, -0.15) is 4.31 Å². The second-order valence-electron chi connectivity index (χ2n) is 6.51. The molecular formula is C17H22N2O5S. The summed E-state index contributed by atoms with van der Waals surface area (Å²) in [6.45, 7) is 1.45. The Bertz CT molecular complexity index is 748. The lowest BCUT2D eigenvalue weighted by Gasteiger charge is -2.33. The van der Waals surface area contributed by atoms with Crippen LogP contribution in [0.25, 0.3) is 0 Å². The number of piperazine rings is 1. The van der Waals surface area contributed by atoms with Crippen molar-refractivity contribution in [2.45, 2.75) is 12.8 Å². The molecule has 1 aliphatic carbocycles. The molecular weight excluding hydrogens is 344 g/mol. The van der Waals surface area contributed by atoms with Crippen LogP contribution in [0.5, 0.6) is 5.75 Å². The number of Topliss-reactive ketones (excluding diaryl/α,β-unsaturated/α-hetero) is 1. The number of carbonyl (C=O) groups excluding carboxylic acids is 2. The van der Waals surface area contributed by atoms with Gasteiger partial charge in [-0.25, -0.2) is 8.42 Å². The van der Waals surface area contributed by atoms with E-state index < -0.39 is 10.0 Å². The summed E-state index contributed by atoms with van der Waals surface area (Å²) in [5.74, 6) is 0.733. The van der Waals surface area contributed by atoms with Crippen molar-refractivity contribution in [2.24, 2.45) is 5.92 Å². The molecule has 1 aliphatic heterocycles. The molecule has 1 saturated heterocycles. The van der Waals surface area contributed by atoms with Gasteiger partial charge in [0.25, 0.3) is 5.91 Å². The third-order valence-corrected chi connectivity index (χ3v) is 5.81. The van der Waals surface area contributed by atoms with Gasteiger partial charge in [-0.05, 0) is 37.1 Å². The molecule has 0 radical (unpaired) electrons. The van der Waals surface area contributed by atoms with Crippen molar-refractivity contribution < 1.29 is 22.7 Å². The minimum Gasteiger partial charge on any atom is -0.486 e. The molecule has 2 fully saturated rings. The first-order chi connectivity index (χ1) is 11.8. The predicted octanol–water partition coefficient (Wildman–Crippen LogP) is 0.762. The summed E-state index contributed by atoms with van der Waals surface area (Å²) in [6, 6.07) is 6.70. The number of ether oxygens (including phenoxy) is 1. The third kappa shape index (κ3) is 4.58. The van der Waals surface area contributed by atoms with E-state index in [4.69, 9.17) is 4.74 Å². The van der Waals surface area contributed by atoms with Crippen molar-refractivity contribution in [1.29, 1.82) is 0 Å². The lowest BCUT2D eigenvalue weighted by molar-refractivity contribution is -0.122. The van der Waals surface area contributed by atoms with Crippen LogP contribution in [0.15, 0.2) is 24.3 Å². The fourth-order valence-electron chi connectivity index (χ4n) is 2.78. The molecule has 0 N–H and O–H groups in total. The maximum atomic E-state index is 12.5. The molecule has 2 aliphatic rings. The Morgan fingerprint density at radius 3 is 2.20 bits per heavy atom. The van der Waals surface area contributed by atoms with Crippen molar-refractivity contribution >= 4 is 21.7 Å². The largest absolute Gasteiger partial charge is 0.486 e. The first-order valence-electron chi connectivity index (χ1n) is 8.34. The van der Waals surface area contributed by atoms with E-state index in [9.17, 15) is 18.0 Å². The molecule has 0 atom stereocenters. The van der Waals surface area contributed by atoms with E-state index in [2.05, 4.69) is 0 Å². The molecule has 25 heavy (non-hydrogen) atoms. The molecule has 0 spiro atoms. The van der Waals surface area contributed by atoms with E-state index in [1.807, 2.05) is 0 Å². The zero-order valence-electron chi connectivity index (χ0n) is 14.2. The lowest BCUT2D eigenvalue weighted by atomic mass is 10.2. The van der Waals surface area contributed by atoms with Crippen LogP contribution in [0.3, 0.4) is 0 Å². The smallest absolute Gasteiger partial charge is 0.253 e. The van der Waals surface area contributed by atoms with Crippen LogP contribution < -0.4 is 4.74 Å². The highest BCUT2D eigenvalue weighted by Gasteiger charge is 2.29. The average molecular weight is 366 g/mol. The van der Waals surface area contributed by atoms with Crippen molar-refractivity contribution in [3.05, 3.63) is 29.8 Å². The number of ketones is 1. The number of rotatable bonds is 6. The SMILES string of the molecule is CS(=O)(=O)N1CCN(C(=O)c2ccc(OCC(=O)C3CC3)cc2)CC1. The maximum Gasteiger partial charge on any atom is 0.253 e. The molecule has 0 aromatic heterocycles. The zero-order chi connectivity index (χ0) is 18.0. The van der Waals surface area contributed by atoms with Crippen LogP contribution in [0.1, 0.15) is 23.2 Å². The van der Waals surface area contributed by atoms with Gasteiger partial charge in [-0.3, -0.25) is 9.59 Å². The summed E-state index contributed by atoms with van der Waals surface area (Å²) in [5, 5.41) is 0. The number of hydrogen-bond donors (Lipinski definition) is 0. The topological polar surface area (TPSA) is 84.0 Å². The van der Waals surface area contributed by atoms with Crippen LogP contribution >= 0.6 is 0 Å². The quantitative estimate of drug-likeness (QED) is 0.742. The van der Waals surface area contributed by atoms with Gasteiger partial charge in [0.1, 0.15) is 12.4 Å². The first-order valence-corrected chi connectivity index (χ1v) is 10.2. The molecule has 0 unspecified atom stereocenters. The van der Waals surface area contributed by atoms with Crippen molar-refractivity contribution in [3.8, 4) is 5.75 Å². The van der Waals surface area contributed by atoms with Gasteiger partial charge in [-0.1, -0.05) is 0 Å². The first kappa shape index (κ1) is 17.9. The van der Waals surface area contributed by atoms with Crippen LogP contribution in [-0.2, 0) is 14.8 Å². The summed E-state index contributed by atoms with van der Waals surface area (Å²) >= 11 is 0. The Morgan fingerprint density at radius 2 is 1.68 bits per heavy atom. The molecule has 7 nitrogen and oxygen atoms in total. The van der Waals surface area contributed by atoms with Gasteiger partial charge in [-0.15, -0.1) is 0 Å². The van der Waals surface area contributed by atoms with E-state index in [0.717, 1.165) is 12.8 Å². The van der Waals surface area contributed by atoms with E-state index in [1.54, 1.807) is 29.2 Å². The fraction of sp³-hybridized carbons (Fsp3) is 0.529.